The third-order valence-corrected chi connectivity index (χ3v) is 3.69. The molecule has 26 heavy (non-hydrogen) atoms. The maximum atomic E-state index is 13.1. The Kier molecular flexibility index (Phi) is 5.21. The Morgan fingerprint density at radius 2 is 2.12 bits per heavy atom. The summed E-state index contributed by atoms with van der Waals surface area (Å²) in [4.78, 5) is 24.1. The molecule has 3 rings (SSSR count). The van der Waals surface area contributed by atoms with Crippen molar-refractivity contribution in [2.75, 3.05) is 0 Å². The zero-order chi connectivity index (χ0) is 18.5. The number of halogens is 1. The van der Waals surface area contributed by atoms with Crippen LogP contribution in [0.4, 0.5) is 4.39 Å². The average molecular weight is 356 g/mol. The van der Waals surface area contributed by atoms with E-state index >= 15 is 0 Å². The molecule has 2 heterocycles. The zero-order valence-corrected chi connectivity index (χ0v) is 14.1. The first-order chi connectivity index (χ1) is 12.5. The second kappa shape index (κ2) is 7.73. The van der Waals surface area contributed by atoms with Crippen LogP contribution < -0.4 is 10.9 Å². The molecule has 3 aromatic rings. The van der Waals surface area contributed by atoms with E-state index in [0.717, 1.165) is 0 Å². The molecule has 1 amide bonds. The number of carbonyl (C=O) groups is 1. The molecule has 0 aliphatic carbocycles. The Morgan fingerprint density at radius 3 is 2.85 bits per heavy atom. The third-order valence-electron chi connectivity index (χ3n) is 3.69. The highest BCUT2D eigenvalue weighted by molar-refractivity contribution is 5.75. The van der Waals surface area contributed by atoms with Crippen molar-refractivity contribution in [1.29, 1.82) is 0 Å². The van der Waals surface area contributed by atoms with E-state index in [1.165, 1.54) is 29.0 Å². The summed E-state index contributed by atoms with van der Waals surface area (Å²) >= 11 is 0. The molecule has 1 aromatic carbocycles. The molecule has 7 nitrogen and oxygen atoms in total. The molecule has 0 fully saturated rings. The Labute approximate surface area is 148 Å². The van der Waals surface area contributed by atoms with Crippen LogP contribution in [0.2, 0.25) is 0 Å². The molecule has 0 aliphatic rings. The molecule has 0 saturated carbocycles. The summed E-state index contributed by atoms with van der Waals surface area (Å²) in [5.74, 6) is 0.0429. The lowest BCUT2D eigenvalue weighted by Gasteiger charge is -2.08. The topological polar surface area (TPSA) is 90.0 Å². The molecule has 0 bridgehead atoms. The molecule has 0 unspecified atom stereocenters. The second-order valence-electron chi connectivity index (χ2n) is 5.65. The average Bonchev–Trinajstić information content (AvgIpc) is 3.11. The number of pyridine rings is 1. The number of nitrogens with one attached hydrogen (secondary N) is 1. The van der Waals surface area contributed by atoms with Gasteiger partial charge in [-0.2, -0.15) is 0 Å². The van der Waals surface area contributed by atoms with Crippen LogP contribution in [0, 0.1) is 5.82 Å². The van der Waals surface area contributed by atoms with Crippen molar-refractivity contribution in [1.82, 2.24) is 20.1 Å². The molecule has 1 N–H and O–H groups in total. The summed E-state index contributed by atoms with van der Waals surface area (Å²) in [6.45, 7) is 1.90. The molecule has 0 atom stereocenters. The molecule has 0 saturated heterocycles. The first kappa shape index (κ1) is 17.5. The lowest BCUT2D eigenvalue weighted by atomic mass is 10.2. The molecule has 0 spiro atoms. The van der Waals surface area contributed by atoms with Crippen molar-refractivity contribution in [3.05, 3.63) is 70.2 Å². The Morgan fingerprint density at radius 1 is 1.27 bits per heavy atom. The summed E-state index contributed by atoms with van der Waals surface area (Å²) < 4.78 is 19.9. The van der Waals surface area contributed by atoms with Gasteiger partial charge in [0.05, 0.1) is 5.56 Å². The fourth-order valence-electron chi connectivity index (χ4n) is 2.35. The normalized spacial score (nSPS) is 10.7. The van der Waals surface area contributed by atoms with E-state index < -0.39 is 0 Å². The number of hydrogen-bond acceptors (Lipinski definition) is 5. The van der Waals surface area contributed by atoms with Gasteiger partial charge >= 0.3 is 0 Å². The number of benzene rings is 1. The minimum absolute atomic E-state index is 0.170. The van der Waals surface area contributed by atoms with E-state index in [4.69, 9.17) is 4.42 Å². The first-order valence-electron chi connectivity index (χ1n) is 8.09. The van der Waals surface area contributed by atoms with Crippen LogP contribution in [-0.4, -0.2) is 20.7 Å². The summed E-state index contributed by atoms with van der Waals surface area (Å²) in [7, 11) is 0. The van der Waals surface area contributed by atoms with Crippen molar-refractivity contribution in [3.8, 4) is 11.5 Å². The van der Waals surface area contributed by atoms with Gasteiger partial charge in [0.25, 0.3) is 5.56 Å². The Balaban J connectivity index is 1.69. The molecular weight excluding hydrogens is 339 g/mol. The number of rotatable bonds is 6. The predicted octanol–water partition coefficient (Wildman–Crippen LogP) is 1.92. The van der Waals surface area contributed by atoms with E-state index in [2.05, 4.69) is 15.5 Å². The van der Waals surface area contributed by atoms with Crippen LogP contribution in [0.15, 0.2) is 51.8 Å². The molecular formula is C18H17FN4O3. The standard InChI is InChI=1S/C18H17FN4O3/c1-2-16-21-22-18(26-16)13-6-7-17(25)23(10-13)11-15(24)20-9-12-4-3-5-14(19)8-12/h3-8,10H,2,9,11H2,1H3,(H,20,24). The van der Waals surface area contributed by atoms with Crippen molar-refractivity contribution >= 4 is 5.91 Å². The number of amides is 1. The monoisotopic (exact) mass is 356 g/mol. The molecule has 2 aromatic heterocycles. The number of nitrogens with zero attached hydrogens (tertiary/aromatic N) is 3. The summed E-state index contributed by atoms with van der Waals surface area (Å²) in [5, 5.41) is 10.5. The van der Waals surface area contributed by atoms with Crippen molar-refractivity contribution in [2.45, 2.75) is 26.4 Å². The van der Waals surface area contributed by atoms with Crippen LogP contribution in [0.5, 0.6) is 0 Å². The van der Waals surface area contributed by atoms with Crippen LogP contribution in [0.25, 0.3) is 11.5 Å². The quantitative estimate of drug-likeness (QED) is 0.729. The number of aromatic nitrogens is 3. The Bertz CT molecular complexity index is 980. The van der Waals surface area contributed by atoms with Gasteiger partial charge in [0, 0.05) is 25.2 Å². The van der Waals surface area contributed by atoms with E-state index in [0.29, 0.717) is 23.4 Å². The van der Waals surface area contributed by atoms with Crippen LogP contribution in [0.1, 0.15) is 18.4 Å². The largest absolute Gasteiger partial charge is 0.421 e. The van der Waals surface area contributed by atoms with Crippen molar-refractivity contribution in [2.24, 2.45) is 0 Å². The maximum absolute atomic E-state index is 13.1. The van der Waals surface area contributed by atoms with E-state index in [-0.39, 0.29) is 36.3 Å². The predicted molar refractivity (Wildman–Crippen MR) is 91.6 cm³/mol. The summed E-state index contributed by atoms with van der Waals surface area (Å²) in [6.07, 6.45) is 2.10. The third kappa shape index (κ3) is 4.21. The lowest BCUT2D eigenvalue weighted by molar-refractivity contribution is -0.121. The maximum Gasteiger partial charge on any atom is 0.251 e. The van der Waals surface area contributed by atoms with Crippen LogP contribution in [0.3, 0.4) is 0 Å². The van der Waals surface area contributed by atoms with Gasteiger partial charge in [0.1, 0.15) is 12.4 Å². The van der Waals surface area contributed by atoms with Gasteiger partial charge in [-0.15, -0.1) is 10.2 Å². The highest BCUT2D eigenvalue weighted by Gasteiger charge is 2.11. The highest BCUT2D eigenvalue weighted by Crippen LogP contribution is 2.16. The summed E-state index contributed by atoms with van der Waals surface area (Å²) in [6, 6.07) is 8.85. The van der Waals surface area contributed by atoms with Gasteiger partial charge in [-0.25, -0.2) is 4.39 Å². The van der Waals surface area contributed by atoms with Gasteiger partial charge in [-0.1, -0.05) is 19.1 Å². The Hall–Kier alpha value is -3.29. The van der Waals surface area contributed by atoms with Gasteiger partial charge in [0.15, 0.2) is 0 Å². The fraction of sp³-hybridized carbons (Fsp3) is 0.222. The SMILES string of the molecule is CCc1nnc(-c2ccc(=O)n(CC(=O)NCc3cccc(F)c3)c2)o1. The van der Waals surface area contributed by atoms with Gasteiger partial charge < -0.3 is 14.3 Å². The zero-order valence-electron chi connectivity index (χ0n) is 14.1. The van der Waals surface area contributed by atoms with Crippen molar-refractivity contribution < 1.29 is 13.6 Å². The number of hydrogen-bond donors (Lipinski definition) is 1. The second-order valence-corrected chi connectivity index (χ2v) is 5.65. The van der Waals surface area contributed by atoms with E-state index in [1.54, 1.807) is 18.2 Å². The van der Waals surface area contributed by atoms with Gasteiger partial charge in [-0.3, -0.25) is 9.59 Å². The van der Waals surface area contributed by atoms with Crippen LogP contribution >= 0.6 is 0 Å². The van der Waals surface area contributed by atoms with E-state index in [9.17, 15) is 14.0 Å². The molecule has 134 valence electrons. The molecule has 0 radical (unpaired) electrons. The van der Waals surface area contributed by atoms with Crippen molar-refractivity contribution in [3.63, 3.8) is 0 Å². The first-order valence-corrected chi connectivity index (χ1v) is 8.09. The highest BCUT2D eigenvalue weighted by atomic mass is 19.1. The molecule has 8 heteroatoms. The van der Waals surface area contributed by atoms with Crippen LogP contribution in [-0.2, 0) is 24.3 Å². The number of aryl methyl sites for hydroxylation is 1. The number of carbonyl (C=O) groups excluding carboxylic acids is 1. The molecule has 0 aliphatic heterocycles. The van der Waals surface area contributed by atoms with Gasteiger partial charge in [-0.05, 0) is 23.8 Å². The summed E-state index contributed by atoms with van der Waals surface area (Å²) in [5.41, 5.74) is 0.858. The minimum atomic E-state index is -0.369. The van der Waals surface area contributed by atoms with E-state index in [1.807, 2.05) is 6.92 Å². The smallest absolute Gasteiger partial charge is 0.251 e. The lowest BCUT2D eigenvalue weighted by Crippen LogP contribution is -2.31. The fourth-order valence-corrected chi connectivity index (χ4v) is 2.35. The minimum Gasteiger partial charge on any atom is -0.421 e. The van der Waals surface area contributed by atoms with Gasteiger partial charge in [0.2, 0.25) is 17.7 Å².